The van der Waals surface area contributed by atoms with Crippen LogP contribution < -0.4 is 20.5 Å². The summed E-state index contributed by atoms with van der Waals surface area (Å²) in [7, 11) is -3.78. The molecule has 1 aromatic heterocycles. The molecule has 3 rings (SSSR count). The van der Waals surface area contributed by atoms with Crippen LogP contribution in [0.4, 0.5) is 11.5 Å². The minimum Gasteiger partial charge on any atom is -0.489 e. The molecule has 33 heavy (non-hydrogen) atoms. The lowest BCUT2D eigenvalue weighted by Crippen LogP contribution is -2.32. The third-order valence-corrected chi connectivity index (χ3v) is 6.70. The second-order valence-electron chi connectivity index (χ2n) is 7.22. The highest BCUT2D eigenvalue weighted by atomic mass is 35.5. The number of aromatic nitrogens is 1. The van der Waals surface area contributed by atoms with E-state index in [0.717, 1.165) is 5.56 Å². The number of anilines is 2. The van der Waals surface area contributed by atoms with Crippen molar-refractivity contribution in [3.63, 3.8) is 0 Å². The molecule has 0 saturated carbocycles. The van der Waals surface area contributed by atoms with Crippen LogP contribution in [0.5, 0.6) is 5.75 Å². The Hall–Kier alpha value is -2.56. The number of pyridine rings is 1. The maximum absolute atomic E-state index is 12.5. The average Bonchev–Trinajstić information content (AvgIpc) is 2.79. The molecule has 0 radical (unpaired) electrons. The van der Waals surface area contributed by atoms with E-state index < -0.39 is 16.1 Å². The molecule has 5 N–H and O–H groups in total. The van der Waals surface area contributed by atoms with Gasteiger partial charge in [-0.1, -0.05) is 35.3 Å². The Labute approximate surface area is 202 Å². The monoisotopic (exact) mass is 510 g/mol. The lowest BCUT2D eigenvalue weighted by Gasteiger charge is -2.13. The molecule has 176 valence electrons. The summed E-state index contributed by atoms with van der Waals surface area (Å²) in [6.07, 6.45) is 1.53. The second kappa shape index (κ2) is 11.5. The van der Waals surface area contributed by atoms with E-state index in [9.17, 15) is 13.5 Å². The molecule has 11 heteroatoms. The normalized spacial score (nSPS) is 12.3. The van der Waals surface area contributed by atoms with Gasteiger partial charge in [0.05, 0.1) is 21.1 Å². The van der Waals surface area contributed by atoms with Gasteiger partial charge in [0.1, 0.15) is 24.3 Å². The Bertz CT molecular complexity index is 1160. The number of nitrogens with one attached hydrogen (secondary N) is 2. The molecule has 0 unspecified atom stereocenters. The lowest BCUT2D eigenvalue weighted by atomic mass is 10.1. The molecule has 0 saturated heterocycles. The van der Waals surface area contributed by atoms with Crippen LogP contribution in [0.1, 0.15) is 5.56 Å². The summed E-state index contributed by atoms with van der Waals surface area (Å²) < 4.78 is 33.0. The van der Waals surface area contributed by atoms with Crippen LogP contribution in [0.25, 0.3) is 0 Å². The molecule has 0 amide bonds. The summed E-state index contributed by atoms with van der Waals surface area (Å²) >= 11 is 11.8. The smallest absolute Gasteiger partial charge is 0.261 e. The predicted octanol–water partition coefficient (Wildman–Crippen LogP) is 3.34. The molecule has 0 spiro atoms. The van der Waals surface area contributed by atoms with Crippen molar-refractivity contribution in [2.75, 3.05) is 30.2 Å². The van der Waals surface area contributed by atoms with Crippen LogP contribution in [-0.2, 0) is 16.4 Å². The van der Waals surface area contributed by atoms with Crippen LogP contribution in [-0.4, -0.2) is 44.3 Å². The predicted molar refractivity (Wildman–Crippen MR) is 130 cm³/mol. The molecule has 2 aromatic carbocycles. The molecule has 1 atom stereocenters. The Morgan fingerprint density at radius 3 is 2.48 bits per heavy atom. The fraction of sp³-hybridized carbons (Fsp3) is 0.227. The Morgan fingerprint density at radius 2 is 1.82 bits per heavy atom. The second-order valence-corrected chi connectivity index (χ2v) is 9.71. The first-order valence-corrected chi connectivity index (χ1v) is 12.3. The average molecular weight is 511 g/mol. The molecule has 1 heterocycles. The van der Waals surface area contributed by atoms with E-state index in [1.165, 1.54) is 24.4 Å². The third kappa shape index (κ3) is 7.76. The molecule has 0 aliphatic carbocycles. The van der Waals surface area contributed by atoms with Gasteiger partial charge in [-0.2, -0.15) is 0 Å². The summed E-state index contributed by atoms with van der Waals surface area (Å²) in [6.45, 7) is 1.13. The fourth-order valence-corrected chi connectivity index (χ4v) is 4.27. The van der Waals surface area contributed by atoms with Crippen molar-refractivity contribution >= 4 is 44.7 Å². The number of halogens is 2. The molecule has 0 bridgehead atoms. The van der Waals surface area contributed by atoms with Gasteiger partial charge in [-0.3, -0.25) is 4.72 Å². The van der Waals surface area contributed by atoms with Gasteiger partial charge in [0.25, 0.3) is 10.0 Å². The van der Waals surface area contributed by atoms with Crippen LogP contribution in [0.3, 0.4) is 0 Å². The molecule has 3 aromatic rings. The van der Waals surface area contributed by atoms with Gasteiger partial charge in [-0.25, -0.2) is 13.4 Å². The van der Waals surface area contributed by atoms with Crippen molar-refractivity contribution in [3.05, 3.63) is 76.4 Å². The van der Waals surface area contributed by atoms with Gasteiger partial charge in [-0.15, -0.1) is 0 Å². The first-order chi connectivity index (χ1) is 15.7. The number of ether oxygens (including phenoxy) is 1. The van der Waals surface area contributed by atoms with Crippen molar-refractivity contribution < 1.29 is 18.3 Å². The van der Waals surface area contributed by atoms with E-state index in [1.807, 2.05) is 12.1 Å². The van der Waals surface area contributed by atoms with Crippen molar-refractivity contribution in [2.45, 2.75) is 17.4 Å². The zero-order chi connectivity index (χ0) is 23.8. The van der Waals surface area contributed by atoms with E-state index in [0.29, 0.717) is 36.8 Å². The van der Waals surface area contributed by atoms with Gasteiger partial charge >= 0.3 is 0 Å². The van der Waals surface area contributed by atoms with Crippen molar-refractivity contribution in [1.29, 1.82) is 0 Å². The number of aliphatic hydroxyl groups excluding tert-OH is 1. The summed E-state index contributed by atoms with van der Waals surface area (Å²) in [5.41, 5.74) is 6.96. The SMILES string of the molecule is Nc1ccc(OC[C@@H](O)CNCCc2ccc(NS(=O)(=O)c3ccc(Cl)c(Cl)c3)cc2)cn1. The number of nitrogens with two attached hydrogens (primary N) is 1. The highest BCUT2D eigenvalue weighted by Crippen LogP contribution is 2.26. The van der Waals surface area contributed by atoms with Crippen molar-refractivity contribution in [2.24, 2.45) is 0 Å². The Balaban J connectivity index is 1.41. The molecule has 0 aliphatic heterocycles. The summed E-state index contributed by atoms with van der Waals surface area (Å²) in [5, 5.41) is 13.6. The standard InChI is InChI=1S/C22H24Cl2N4O4S/c23-20-7-6-19(11-21(20)24)33(30,31)28-16-3-1-15(2-4-16)9-10-26-12-17(29)14-32-18-5-8-22(25)27-13-18/h1-8,11,13,17,26,28-29H,9-10,12,14H2,(H2,25,27)/t17-/m0/s1. The minimum absolute atomic E-state index is 0.0281. The summed E-state index contributed by atoms with van der Waals surface area (Å²) in [4.78, 5) is 3.95. The number of nitrogens with zero attached hydrogens (tertiary/aromatic N) is 1. The summed E-state index contributed by atoms with van der Waals surface area (Å²) in [6, 6.07) is 14.5. The first kappa shape index (κ1) is 25.1. The van der Waals surface area contributed by atoms with Crippen LogP contribution >= 0.6 is 23.2 Å². The van der Waals surface area contributed by atoms with E-state index in [-0.39, 0.29) is 21.5 Å². The summed E-state index contributed by atoms with van der Waals surface area (Å²) in [5.74, 6) is 0.944. The number of nitrogen functional groups attached to an aromatic ring is 1. The Kier molecular flexibility index (Phi) is 8.76. The number of sulfonamides is 1. The minimum atomic E-state index is -3.78. The van der Waals surface area contributed by atoms with Crippen LogP contribution in [0.2, 0.25) is 10.0 Å². The molecule has 0 aliphatic rings. The van der Waals surface area contributed by atoms with E-state index in [1.54, 1.807) is 24.3 Å². The third-order valence-electron chi connectivity index (χ3n) is 4.58. The largest absolute Gasteiger partial charge is 0.489 e. The topological polar surface area (TPSA) is 127 Å². The van der Waals surface area contributed by atoms with Crippen molar-refractivity contribution in [3.8, 4) is 5.75 Å². The lowest BCUT2D eigenvalue weighted by molar-refractivity contribution is 0.106. The maximum Gasteiger partial charge on any atom is 0.261 e. The van der Waals surface area contributed by atoms with E-state index >= 15 is 0 Å². The fourth-order valence-electron chi connectivity index (χ4n) is 2.83. The number of rotatable bonds is 11. The number of aliphatic hydroxyl groups is 1. The molecular weight excluding hydrogens is 487 g/mol. The van der Waals surface area contributed by atoms with Crippen LogP contribution in [0, 0.1) is 0 Å². The van der Waals surface area contributed by atoms with E-state index in [2.05, 4.69) is 15.0 Å². The van der Waals surface area contributed by atoms with E-state index in [4.69, 9.17) is 33.7 Å². The number of benzene rings is 2. The molecular formula is C22H24Cl2N4O4S. The van der Waals surface area contributed by atoms with Crippen LogP contribution in [0.15, 0.2) is 65.7 Å². The van der Waals surface area contributed by atoms with Gasteiger partial charge in [-0.05, 0) is 61.0 Å². The maximum atomic E-state index is 12.5. The first-order valence-electron chi connectivity index (χ1n) is 10.0. The van der Waals surface area contributed by atoms with Gasteiger partial charge in [0, 0.05) is 12.2 Å². The zero-order valence-corrected chi connectivity index (χ0v) is 19.9. The van der Waals surface area contributed by atoms with Gasteiger partial charge in [0.2, 0.25) is 0 Å². The highest BCUT2D eigenvalue weighted by molar-refractivity contribution is 7.92. The number of hydrogen-bond acceptors (Lipinski definition) is 7. The highest BCUT2D eigenvalue weighted by Gasteiger charge is 2.15. The Morgan fingerprint density at radius 1 is 1.06 bits per heavy atom. The van der Waals surface area contributed by atoms with Gasteiger partial charge in [0.15, 0.2) is 0 Å². The quantitative estimate of drug-likeness (QED) is 0.291. The molecule has 0 fully saturated rings. The molecule has 8 nitrogen and oxygen atoms in total. The zero-order valence-electron chi connectivity index (χ0n) is 17.5. The number of hydrogen-bond donors (Lipinski definition) is 4. The van der Waals surface area contributed by atoms with Crippen molar-refractivity contribution in [1.82, 2.24) is 10.3 Å². The van der Waals surface area contributed by atoms with Gasteiger partial charge < -0.3 is 20.9 Å².